The minimum absolute atomic E-state index is 0.541. The number of ether oxygens (including phenoxy) is 2. The smallest absolute Gasteiger partial charge is 0.120 e. The fraction of sp³-hybridized carbons (Fsp3) is 0.333. The van der Waals surface area contributed by atoms with Crippen molar-refractivity contribution in [1.82, 2.24) is 0 Å². The first-order valence-corrected chi connectivity index (χ1v) is 7.27. The maximum Gasteiger partial charge on any atom is 0.120 e. The lowest BCUT2D eigenvalue weighted by Crippen LogP contribution is -2.04. The Morgan fingerprint density at radius 3 is 2.43 bits per heavy atom. The van der Waals surface area contributed by atoms with Crippen LogP contribution < -0.4 is 14.8 Å². The molecule has 3 nitrogen and oxygen atoms in total. The number of benzene rings is 2. The zero-order chi connectivity index (χ0) is 15.1. The molecule has 2 rings (SSSR count). The fourth-order valence-electron chi connectivity index (χ4n) is 1.90. The molecule has 0 unspecified atom stereocenters. The lowest BCUT2D eigenvalue weighted by atomic mass is 10.2. The van der Waals surface area contributed by atoms with E-state index in [9.17, 15) is 0 Å². The maximum atomic E-state index is 5.68. The quantitative estimate of drug-likeness (QED) is 0.820. The number of methoxy groups -OCH3 is 1. The molecule has 0 aliphatic heterocycles. The molecule has 0 aliphatic carbocycles. The van der Waals surface area contributed by atoms with Gasteiger partial charge in [0, 0.05) is 18.3 Å². The van der Waals surface area contributed by atoms with E-state index in [-0.39, 0.29) is 0 Å². The van der Waals surface area contributed by atoms with Gasteiger partial charge in [0.15, 0.2) is 0 Å². The number of hydrogen-bond donors (Lipinski definition) is 1. The summed E-state index contributed by atoms with van der Waals surface area (Å²) in [5.74, 6) is 2.32. The van der Waals surface area contributed by atoms with Crippen LogP contribution in [0.25, 0.3) is 0 Å². The lowest BCUT2D eigenvalue weighted by molar-refractivity contribution is 0.271. The van der Waals surface area contributed by atoms with Crippen LogP contribution in [-0.4, -0.2) is 13.7 Å². The molecule has 21 heavy (non-hydrogen) atoms. The van der Waals surface area contributed by atoms with E-state index in [1.807, 2.05) is 36.4 Å². The van der Waals surface area contributed by atoms with E-state index < -0.39 is 0 Å². The molecule has 0 aromatic heterocycles. The van der Waals surface area contributed by atoms with E-state index in [2.05, 4.69) is 31.3 Å². The SMILES string of the molecule is COc1cccc(NCc2ccc(OCC(C)C)cc2)c1. The molecule has 1 N–H and O–H groups in total. The summed E-state index contributed by atoms with van der Waals surface area (Å²) in [7, 11) is 1.68. The molecule has 0 aliphatic rings. The van der Waals surface area contributed by atoms with Crippen molar-refractivity contribution in [2.24, 2.45) is 5.92 Å². The first-order chi connectivity index (χ1) is 10.2. The van der Waals surface area contributed by atoms with Crippen LogP contribution in [0.4, 0.5) is 5.69 Å². The van der Waals surface area contributed by atoms with Gasteiger partial charge in [-0.05, 0) is 35.7 Å². The third kappa shape index (κ3) is 5.03. The second-order valence-electron chi connectivity index (χ2n) is 5.43. The van der Waals surface area contributed by atoms with Gasteiger partial charge in [0.05, 0.1) is 13.7 Å². The molecular weight excluding hydrogens is 262 g/mol. The Morgan fingerprint density at radius 1 is 1.00 bits per heavy atom. The normalized spacial score (nSPS) is 10.5. The van der Waals surface area contributed by atoms with Gasteiger partial charge in [-0.2, -0.15) is 0 Å². The van der Waals surface area contributed by atoms with Crippen LogP contribution in [0.5, 0.6) is 11.5 Å². The average molecular weight is 285 g/mol. The molecule has 0 fully saturated rings. The summed E-state index contributed by atoms with van der Waals surface area (Å²) in [5, 5.41) is 3.38. The van der Waals surface area contributed by atoms with E-state index in [0.717, 1.165) is 30.3 Å². The van der Waals surface area contributed by atoms with Crippen LogP contribution in [0.1, 0.15) is 19.4 Å². The third-order valence-electron chi connectivity index (χ3n) is 3.07. The van der Waals surface area contributed by atoms with Gasteiger partial charge in [-0.1, -0.05) is 32.0 Å². The molecule has 112 valence electrons. The Hall–Kier alpha value is -2.16. The minimum atomic E-state index is 0.541. The van der Waals surface area contributed by atoms with Crippen LogP contribution >= 0.6 is 0 Å². The van der Waals surface area contributed by atoms with Crippen molar-refractivity contribution in [3.05, 3.63) is 54.1 Å². The Kier molecular flexibility index (Phi) is 5.50. The van der Waals surface area contributed by atoms with Gasteiger partial charge in [-0.25, -0.2) is 0 Å². The van der Waals surface area contributed by atoms with E-state index in [0.29, 0.717) is 5.92 Å². The maximum absolute atomic E-state index is 5.68. The molecular formula is C18H23NO2. The molecule has 0 radical (unpaired) electrons. The summed E-state index contributed by atoms with van der Waals surface area (Å²) in [6, 6.07) is 16.1. The Morgan fingerprint density at radius 2 is 1.76 bits per heavy atom. The van der Waals surface area contributed by atoms with Crippen LogP contribution in [0.15, 0.2) is 48.5 Å². The van der Waals surface area contributed by atoms with Gasteiger partial charge in [0.1, 0.15) is 11.5 Å². The summed E-state index contributed by atoms with van der Waals surface area (Å²) in [6.07, 6.45) is 0. The molecule has 3 heteroatoms. The molecule has 0 amide bonds. The summed E-state index contributed by atoms with van der Waals surface area (Å²) in [5.41, 5.74) is 2.27. The van der Waals surface area contributed by atoms with Crippen LogP contribution in [0, 0.1) is 5.92 Å². The lowest BCUT2D eigenvalue weighted by Gasteiger charge is -2.10. The minimum Gasteiger partial charge on any atom is -0.497 e. The van der Waals surface area contributed by atoms with E-state index >= 15 is 0 Å². The second kappa shape index (κ2) is 7.58. The summed E-state index contributed by atoms with van der Waals surface area (Å²) >= 11 is 0. The highest BCUT2D eigenvalue weighted by atomic mass is 16.5. The second-order valence-corrected chi connectivity index (χ2v) is 5.43. The van der Waals surface area contributed by atoms with Crippen molar-refractivity contribution < 1.29 is 9.47 Å². The van der Waals surface area contributed by atoms with Crippen molar-refractivity contribution in [3.63, 3.8) is 0 Å². The zero-order valence-corrected chi connectivity index (χ0v) is 12.9. The van der Waals surface area contributed by atoms with Crippen LogP contribution in [-0.2, 0) is 6.54 Å². The van der Waals surface area contributed by atoms with Gasteiger partial charge in [0.25, 0.3) is 0 Å². The van der Waals surface area contributed by atoms with Crippen molar-refractivity contribution in [2.45, 2.75) is 20.4 Å². The first kappa shape index (κ1) is 15.2. The summed E-state index contributed by atoms with van der Waals surface area (Å²) in [6.45, 7) is 5.82. The number of anilines is 1. The Balaban J connectivity index is 1.88. The molecule has 0 saturated carbocycles. The highest BCUT2D eigenvalue weighted by molar-refractivity contribution is 5.48. The zero-order valence-electron chi connectivity index (χ0n) is 12.9. The van der Waals surface area contributed by atoms with Crippen molar-refractivity contribution in [2.75, 3.05) is 19.0 Å². The van der Waals surface area contributed by atoms with E-state index in [1.54, 1.807) is 7.11 Å². The van der Waals surface area contributed by atoms with Gasteiger partial charge in [-0.3, -0.25) is 0 Å². The molecule has 0 bridgehead atoms. The monoisotopic (exact) mass is 285 g/mol. The highest BCUT2D eigenvalue weighted by Crippen LogP contribution is 2.18. The number of nitrogens with one attached hydrogen (secondary N) is 1. The predicted octanol–water partition coefficient (Wildman–Crippen LogP) is 4.34. The summed E-state index contributed by atoms with van der Waals surface area (Å²) in [4.78, 5) is 0. The van der Waals surface area contributed by atoms with E-state index in [1.165, 1.54) is 5.56 Å². The topological polar surface area (TPSA) is 30.5 Å². The number of hydrogen-bond acceptors (Lipinski definition) is 3. The summed E-state index contributed by atoms with van der Waals surface area (Å²) < 4.78 is 10.9. The molecule has 2 aromatic carbocycles. The highest BCUT2D eigenvalue weighted by Gasteiger charge is 1.99. The molecule has 0 saturated heterocycles. The van der Waals surface area contributed by atoms with Gasteiger partial charge in [-0.15, -0.1) is 0 Å². The van der Waals surface area contributed by atoms with Gasteiger partial charge < -0.3 is 14.8 Å². The fourth-order valence-corrected chi connectivity index (χ4v) is 1.90. The van der Waals surface area contributed by atoms with Crippen molar-refractivity contribution in [3.8, 4) is 11.5 Å². The largest absolute Gasteiger partial charge is 0.497 e. The molecule has 0 atom stereocenters. The van der Waals surface area contributed by atoms with Crippen molar-refractivity contribution >= 4 is 5.69 Å². The molecule has 2 aromatic rings. The van der Waals surface area contributed by atoms with Crippen molar-refractivity contribution in [1.29, 1.82) is 0 Å². The third-order valence-corrected chi connectivity index (χ3v) is 3.07. The Labute approximate surface area is 126 Å². The van der Waals surface area contributed by atoms with Gasteiger partial charge >= 0.3 is 0 Å². The number of rotatable bonds is 7. The van der Waals surface area contributed by atoms with Gasteiger partial charge in [0.2, 0.25) is 0 Å². The predicted molar refractivity (Wildman–Crippen MR) is 87.1 cm³/mol. The van der Waals surface area contributed by atoms with Crippen LogP contribution in [0.2, 0.25) is 0 Å². The van der Waals surface area contributed by atoms with Crippen LogP contribution in [0.3, 0.4) is 0 Å². The van der Waals surface area contributed by atoms with E-state index in [4.69, 9.17) is 9.47 Å². The molecule has 0 heterocycles. The standard InChI is InChI=1S/C18H23NO2/c1-14(2)13-21-17-9-7-15(8-10-17)12-19-16-5-4-6-18(11-16)20-3/h4-11,14,19H,12-13H2,1-3H3. The Bertz CT molecular complexity index is 549. The average Bonchev–Trinajstić information content (AvgIpc) is 2.52. The first-order valence-electron chi connectivity index (χ1n) is 7.27. The molecule has 0 spiro atoms.